The van der Waals surface area contributed by atoms with E-state index in [2.05, 4.69) is 9.84 Å². The van der Waals surface area contributed by atoms with E-state index in [1.807, 2.05) is 0 Å². The standard InChI is InChI=1S/C14H19N3O5/c1-8-7-16-10(6-9(15-16)12(19)21-5)11(18)17(8)13(20)22-14(2,3)4/h6,8H,7H2,1-5H3. The van der Waals surface area contributed by atoms with Crippen molar-refractivity contribution in [3.8, 4) is 0 Å². The molecule has 0 bridgehead atoms. The first-order chi connectivity index (χ1) is 10.1. The predicted octanol–water partition coefficient (Wildman–Crippen LogP) is 1.45. The van der Waals surface area contributed by atoms with Crippen LogP contribution in [-0.2, 0) is 16.0 Å². The van der Waals surface area contributed by atoms with Crippen molar-refractivity contribution >= 4 is 18.0 Å². The van der Waals surface area contributed by atoms with Crippen molar-refractivity contribution in [2.75, 3.05) is 7.11 Å². The molecular weight excluding hydrogens is 290 g/mol. The summed E-state index contributed by atoms with van der Waals surface area (Å²) in [4.78, 5) is 37.2. The van der Waals surface area contributed by atoms with Gasteiger partial charge >= 0.3 is 12.1 Å². The van der Waals surface area contributed by atoms with Gasteiger partial charge in [0.15, 0.2) is 5.69 Å². The fraction of sp³-hybridized carbons (Fsp3) is 0.571. The number of carbonyl (C=O) groups is 3. The van der Waals surface area contributed by atoms with Crippen molar-refractivity contribution in [2.45, 2.75) is 45.9 Å². The molecule has 8 nitrogen and oxygen atoms in total. The van der Waals surface area contributed by atoms with Gasteiger partial charge in [0.1, 0.15) is 11.3 Å². The summed E-state index contributed by atoms with van der Waals surface area (Å²) in [6, 6.07) is 0.887. The van der Waals surface area contributed by atoms with E-state index >= 15 is 0 Å². The minimum Gasteiger partial charge on any atom is -0.464 e. The number of hydrogen-bond donors (Lipinski definition) is 0. The second-order valence-electron chi connectivity index (χ2n) is 6.09. The molecule has 0 aliphatic carbocycles. The number of rotatable bonds is 1. The van der Waals surface area contributed by atoms with Crippen LogP contribution in [0, 0.1) is 0 Å². The SMILES string of the molecule is COC(=O)c1cc2n(n1)CC(C)N(C(=O)OC(C)(C)C)C2=O. The van der Waals surface area contributed by atoms with Crippen LogP contribution in [0.15, 0.2) is 6.07 Å². The number of nitrogens with zero attached hydrogens (tertiary/aromatic N) is 3. The van der Waals surface area contributed by atoms with E-state index in [1.54, 1.807) is 27.7 Å². The summed E-state index contributed by atoms with van der Waals surface area (Å²) in [7, 11) is 1.23. The molecule has 0 spiro atoms. The van der Waals surface area contributed by atoms with Gasteiger partial charge in [-0.05, 0) is 27.7 Å². The Bertz CT molecular complexity index is 629. The Morgan fingerprint density at radius 2 is 2.00 bits per heavy atom. The highest BCUT2D eigenvalue weighted by Crippen LogP contribution is 2.21. The Balaban J connectivity index is 2.31. The Hall–Kier alpha value is -2.38. The van der Waals surface area contributed by atoms with E-state index in [1.165, 1.54) is 17.9 Å². The molecule has 0 saturated heterocycles. The van der Waals surface area contributed by atoms with Crippen LogP contribution in [0.25, 0.3) is 0 Å². The van der Waals surface area contributed by atoms with Crippen LogP contribution in [0.4, 0.5) is 4.79 Å². The van der Waals surface area contributed by atoms with Gasteiger partial charge in [-0.3, -0.25) is 9.48 Å². The predicted molar refractivity (Wildman–Crippen MR) is 75.4 cm³/mol. The lowest BCUT2D eigenvalue weighted by molar-refractivity contribution is 0.0128. The molecule has 22 heavy (non-hydrogen) atoms. The van der Waals surface area contributed by atoms with Crippen LogP contribution < -0.4 is 0 Å². The minimum absolute atomic E-state index is 0.0316. The van der Waals surface area contributed by atoms with Crippen LogP contribution in [-0.4, -0.2) is 51.4 Å². The third kappa shape index (κ3) is 2.95. The van der Waals surface area contributed by atoms with Crippen molar-refractivity contribution < 1.29 is 23.9 Å². The number of carbonyl (C=O) groups excluding carboxylic acids is 3. The summed E-state index contributed by atoms with van der Waals surface area (Å²) in [5.41, 5.74) is -0.514. The minimum atomic E-state index is -0.711. The smallest absolute Gasteiger partial charge is 0.417 e. The lowest BCUT2D eigenvalue weighted by atomic mass is 10.2. The van der Waals surface area contributed by atoms with Gasteiger partial charge in [0.2, 0.25) is 0 Å². The first-order valence-corrected chi connectivity index (χ1v) is 6.86. The maximum absolute atomic E-state index is 12.5. The number of hydrogen-bond acceptors (Lipinski definition) is 6. The van der Waals surface area contributed by atoms with Gasteiger partial charge in [-0.25, -0.2) is 14.5 Å². The number of ether oxygens (including phenoxy) is 2. The fourth-order valence-electron chi connectivity index (χ4n) is 2.16. The molecular formula is C14H19N3O5. The molecule has 120 valence electrons. The zero-order valence-corrected chi connectivity index (χ0v) is 13.2. The Kier molecular flexibility index (Phi) is 3.95. The van der Waals surface area contributed by atoms with E-state index in [0.717, 1.165) is 4.90 Å². The Labute approximate surface area is 128 Å². The molecule has 0 N–H and O–H groups in total. The molecule has 8 heteroatoms. The zero-order valence-electron chi connectivity index (χ0n) is 13.2. The number of aromatic nitrogens is 2. The molecule has 1 aromatic heterocycles. The molecule has 2 heterocycles. The molecule has 0 radical (unpaired) electrons. The fourth-order valence-corrected chi connectivity index (χ4v) is 2.16. The molecule has 2 amide bonds. The first kappa shape index (κ1) is 16.0. The molecule has 1 aromatic rings. The first-order valence-electron chi connectivity index (χ1n) is 6.86. The van der Waals surface area contributed by atoms with Crippen molar-refractivity contribution in [3.05, 3.63) is 17.5 Å². The van der Waals surface area contributed by atoms with E-state index in [-0.39, 0.29) is 17.9 Å². The highest BCUT2D eigenvalue weighted by atomic mass is 16.6. The van der Waals surface area contributed by atoms with Gasteiger partial charge < -0.3 is 9.47 Å². The average molecular weight is 309 g/mol. The summed E-state index contributed by atoms with van der Waals surface area (Å²) >= 11 is 0. The third-order valence-corrected chi connectivity index (χ3v) is 3.08. The summed E-state index contributed by atoms with van der Waals surface area (Å²) < 4.78 is 11.2. The number of amides is 2. The van der Waals surface area contributed by atoms with Crippen molar-refractivity contribution in [2.24, 2.45) is 0 Å². The van der Waals surface area contributed by atoms with Crippen LogP contribution in [0.2, 0.25) is 0 Å². The van der Waals surface area contributed by atoms with Gasteiger partial charge in [0, 0.05) is 6.07 Å². The van der Waals surface area contributed by atoms with Crippen LogP contribution in [0.1, 0.15) is 48.7 Å². The molecule has 2 rings (SSSR count). The Morgan fingerprint density at radius 1 is 1.36 bits per heavy atom. The van der Waals surface area contributed by atoms with Gasteiger partial charge in [0.05, 0.1) is 19.7 Å². The monoisotopic (exact) mass is 309 g/mol. The van der Waals surface area contributed by atoms with E-state index in [4.69, 9.17) is 4.74 Å². The maximum Gasteiger partial charge on any atom is 0.417 e. The second-order valence-corrected chi connectivity index (χ2v) is 6.09. The molecule has 0 fully saturated rings. The van der Waals surface area contributed by atoms with E-state index in [0.29, 0.717) is 0 Å². The zero-order chi connectivity index (χ0) is 16.7. The number of esters is 1. The lowest BCUT2D eigenvalue weighted by Gasteiger charge is -2.33. The normalized spacial score (nSPS) is 18.0. The highest BCUT2D eigenvalue weighted by Gasteiger charge is 2.38. The number of fused-ring (bicyclic) bond motifs is 1. The van der Waals surface area contributed by atoms with Gasteiger partial charge in [-0.15, -0.1) is 0 Å². The topological polar surface area (TPSA) is 90.7 Å². The Morgan fingerprint density at radius 3 is 2.55 bits per heavy atom. The quantitative estimate of drug-likeness (QED) is 0.729. The van der Waals surface area contributed by atoms with Crippen LogP contribution in [0.5, 0.6) is 0 Å². The van der Waals surface area contributed by atoms with Gasteiger partial charge in [-0.1, -0.05) is 0 Å². The second kappa shape index (κ2) is 5.43. The summed E-state index contributed by atoms with van der Waals surface area (Å²) in [5, 5.41) is 4.03. The largest absolute Gasteiger partial charge is 0.464 e. The summed E-state index contributed by atoms with van der Waals surface area (Å²) in [5.74, 6) is -1.18. The van der Waals surface area contributed by atoms with E-state index in [9.17, 15) is 14.4 Å². The maximum atomic E-state index is 12.5. The van der Waals surface area contributed by atoms with Gasteiger partial charge in [-0.2, -0.15) is 5.10 Å². The highest BCUT2D eigenvalue weighted by molar-refractivity contribution is 6.04. The van der Waals surface area contributed by atoms with Crippen molar-refractivity contribution in [1.29, 1.82) is 0 Å². The molecule has 1 unspecified atom stereocenters. The molecule has 1 aliphatic rings. The molecule has 1 aliphatic heterocycles. The average Bonchev–Trinajstić information content (AvgIpc) is 2.79. The summed E-state index contributed by atoms with van der Waals surface area (Å²) in [6.45, 7) is 7.18. The van der Waals surface area contributed by atoms with Crippen LogP contribution >= 0.6 is 0 Å². The summed E-state index contributed by atoms with van der Waals surface area (Å²) in [6.07, 6.45) is -0.711. The molecule has 0 aromatic carbocycles. The lowest BCUT2D eigenvalue weighted by Crippen LogP contribution is -2.51. The van der Waals surface area contributed by atoms with Crippen molar-refractivity contribution in [1.82, 2.24) is 14.7 Å². The number of imide groups is 1. The van der Waals surface area contributed by atoms with E-state index < -0.39 is 29.6 Å². The third-order valence-electron chi connectivity index (χ3n) is 3.08. The van der Waals surface area contributed by atoms with Gasteiger partial charge in [0.25, 0.3) is 5.91 Å². The number of methoxy groups -OCH3 is 1. The molecule has 1 atom stereocenters. The van der Waals surface area contributed by atoms with Crippen LogP contribution in [0.3, 0.4) is 0 Å². The molecule has 0 saturated carbocycles. The van der Waals surface area contributed by atoms with Crippen molar-refractivity contribution in [3.63, 3.8) is 0 Å².